The minimum Gasteiger partial charge on any atom is -0.387 e. The fraction of sp³-hybridized carbons (Fsp3) is 0.312. The molecule has 7 heteroatoms. The molecule has 2 aromatic heterocycles. The molecular weight excluding hydrogens is 297 g/mol. The van der Waals surface area contributed by atoms with Gasteiger partial charge in [-0.25, -0.2) is 4.39 Å². The van der Waals surface area contributed by atoms with Crippen molar-refractivity contribution in [2.45, 2.75) is 25.5 Å². The van der Waals surface area contributed by atoms with Gasteiger partial charge in [0.1, 0.15) is 17.2 Å². The maximum Gasteiger partial charge on any atom is 0.123 e. The summed E-state index contributed by atoms with van der Waals surface area (Å²) in [6.07, 6.45) is 2.72. The average molecular weight is 313 g/mol. The van der Waals surface area contributed by atoms with Gasteiger partial charge in [0.25, 0.3) is 0 Å². The Kier molecular flexibility index (Phi) is 3.05. The smallest absolute Gasteiger partial charge is 0.123 e. The first-order valence-electron chi connectivity index (χ1n) is 7.50. The summed E-state index contributed by atoms with van der Waals surface area (Å²) >= 11 is 0. The van der Waals surface area contributed by atoms with Gasteiger partial charge in [0, 0.05) is 30.9 Å². The van der Waals surface area contributed by atoms with Gasteiger partial charge in [-0.15, -0.1) is 0 Å². The average Bonchev–Trinajstić information content (AvgIpc) is 3.14. The number of nitrogens with zero attached hydrogens (tertiary/aromatic N) is 5. The van der Waals surface area contributed by atoms with Gasteiger partial charge in [0.15, 0.2) is 0 Å². The molecule has 6 nitrogen and oxygen atoms in total. The van der Waals surface area contributed by atoms with Gasteiger partial charge in [-0.3, -0.25) is 4.68 Å². The third-order valence-electron chi connectivity index (χ3n) is 4.27. The van der Waals surface area contributed by atoms with Crippen molar-refractivity contribution in [2.75, 3.05) is 0 Å². The lowest BCUT2D eigenvalue weighted by Crippen LogP contribution is -2.19. The lowest BCUT2D eigenvalue weighted by atomic mass is 9.79. The van der Waals surface area contributed by atoms with E-state index in [1.54, 1.807) is 24.0 Å². The van der Waals surface area contributed by atoms with Gasteiger partial charge >= 0.3 is 0 Å². The molecule has 0 saturated carbocycles. The highest BCUT2D eigenvalue weighted by molar-refractivity contribution is 5.71. The number of rotatable bonds is 2. The molecular formula is C16H16FN5O. The van der Waals surface area contributed by atoms with Crippen molar-refractivity contribution in [1.29, 1.82) is 0 Å². The maximum atomic E-state index is 13.7. The van der Waals surface area contributed by atoms with Gasteiger partial charge in [-0.2, -0.15) is 20.1 Å². The first-order valence-corrected chi connectivity index (χ1v) is 7.50. The van der Waals surface area contributed by atoms with Gasteiger partial charge < -0.3 is 5.11 Å². The van der Waals surface area contributed by atoms with Crippen LogP contribution in [0.1, 0.15) is 35.8 Å². The third-order valence-corrected chi connectivity index (χ3v) is 4.27. The van der Waals surface area contributed by atoms with Crippen molar-refractivity contribution in [3.63, 3.8) is 0 Å². The van der Waals surface area contributed by atoms with E-state index in [1.807, 2.05) is 13.1 Å². The Bertz CT molecular complexity index is 884. The molecule has 118 valence electrons. The van der Waals surface area contributed by atoms with Crippen LogP contribution in [0.4, 0.5) is 4.39 Å². The summed E-state index contributed by atoms with van der Waals surface area (Å²) in [5.41, 5.74) is 3.47. The molecule has 2 heterocycles. The van der Waals surface area contributed by atoms with Crippen LogP contribution in [-0.2, 0) is 13.6 Å². The second-order valence-electron chi connectivity index (χ2n) is 5.71. The molecule has 1 aliphatic carbocycles. The Balaban J connectivity index is 1.94. The maximum absolute atomic E-state index is 13.7. The van der Waals surface area contributed by atoms with Crippen LogP contribution in [0.2, 0.25) is 0 Å². The Labute approximate surface area is 132 Å². The van der Waals surface area contributed by atoms with E-state index in [4.69, 9.17) is 0 Å². The van der Waals surface area contributed by atoms with Crippen molar-refractivity contribution in [3.05, 3.63) is 53.2 Å². The number of aryl methyl sites for hydroxylation is 2. The van der Waals surface area contributed by atoms with Crippen molar-refractivity contribution in [3.8, 4) is 11.3 Å². The molecule has 0 amide bonds. The summed E-state index contributed by atoms with van der Waals surface area (Å²) in [4.78, 5) is 1.48. The zero-order valence-corrected chi connectivity index (χ0v) is 12.8. The zero-order valence-electron chi connectivity index (χ0n) is 12.8. The minimum atomic E-state index is -0.889. The van der Waals surface area contributed by atoms with Crippen LogP contribution < -0.4 is 0 Å². The van der Waals surface area contributed by atoms with Crippen molar-refractivity contribution < 1.29 is 9.50 Å². The van der Waals surface area contributed by atoms with E-state index in [9.17, 15) is 9.50 Å². The van der Waals surface area contributed by atoms with E-state index in [0.717, 1.165) is 17.7 Å². The monoisotopic (exact) mass is 313 g/mol. The highest BCUT2D eigenvalue weighted by atomic mass is 19.1. The van der Waals surface area contributed by atoms with E-state index in [1.165, 1.54) is 16.9 Å². The Morgan fingerprint density at radius 1 is 1.30 bits per heavy atom. The molecule has 0 saturated heterocycles. The molecule has 1 unspecified atom stereocenters. The van der Waals surface area contributed by atoms with Crippen molar-refractivity contribution in [1.82, 2.24) is 24.8 Å². The summed E-state index contributed by atoms with van der Waals surface area (Å²) in [7, 11) is 1.74. The Hall–Kier alpha value is -2.54. The number of aliphatic hydroxyl groups is 1. The van der Waals surface area contributed by atoms with Crippen LogP contribution in [0.15, 0.2) is 30.6 Å². The summed E-state index contributed by atoms with van der Waals surface area (Å²) in [6.45, 7) is 2.73. The number of hydrogen-bond donors (Lipinski definition) is 1. The highest BCUT2D eigenvalue weighted by Gasteiger charge is 2.38. The fourth-order valence-electron chi connectivity index (χ4n) is 3.20. The van der Waals surface area contributed by atoms with Crippen LogP contribution >= 0.6 is 0 Å². The first kappa shape index (κ1) is 14.1. The number of aromatic nitrogens is 5. The first-order chi connectivity index (χ1) is 11.1. The fourth-order valence-corrected chi connectivity index (χ4v) is 3.20. The highest BCUT2D eigenvalue weighted by Crippen LogP contribution is 2.47. The summed E-state index contributed by atoms with van der Waals surface area (Å²) in [5, 5.41) is 24.0. The molecule has 0 bridgehead atoms. The second-order valence-corrected chi connectivity index (χ2v) is 5.71. The Morgan fingerprint density at radius 2 is 2.13 bits per heavy atom. The van der Waals surface area contributed by atoms with Crippen molar-refractivity contribution in [2.24, 2.45) is 7.05 Å². The minimum absolute atomic E-state index is 0.377. The third kappa shape index (κ3) is 2.08. The lowest BCUT2D eigenvalue weighted by Gasteiger charge is -2.27. The van der Waals surface area contributed by atoms with E-state index in [-0.39, 0.29) is 5.82 Å². The lowest BCUT2D eigenvalue weighted by molar-refractivity contribution is 0.155. The molecule has 2 atom stereocenters. The van der Waals surface area contributed by atoms with Crippen LogP contribution in [0.5, 0.6) is 0 Å². The molecule has 4 rings (SSSR count). The quantitative estimate of drug-likeness (QED) is 0.786. The molecule has 0 fully saturated rings. The van der Waals surface area contributed by atoms with E-state index in [0.29, 0.717) is 17.0 Å². The van der Waals surface area contributed by atoms with Gasteiger partial charge in [-0.05, 0) is 30.7 Å². The molecule has 0 spiro atoms. The van der Waals surface area contributed by atoms with Gasteiger partial charge in [0.2, 0.25) is 0 Å². The Morgan fingerprint density at radius 3 is 2.87 bits per heavy atom. The van der Waals surface area contributed by atoms with E-state index >= 15 is 0 Å². The van der Waals surface area contributed by atoms with E-state index in [2.05, 4.69) is 15.3 Å². The summed E-state index contributed by atoms with van der Waals surface area (Å²) in [6, 6.07) is 4.39. The topological polar surface area (TPSA) is 68.8 Å². The van der Waals surface area contributed by atoms with Gasteiger partial charge in [-0.1, -0.05) is 0 Å². The number of aliphatic hydroxyl groups excluding tert-OH is 1. The molecule has 3 aromatic rings. The number of halogens is 1. The van der Waals surface area contributed by atoms with Crippen molar-refractivity contribution >= 4 is 0 Å². The number of fused-ring (bicyclic) bond motifs is 3. The van der Waals surface area contributed by atoms with Crippen LogP contribution in [0, 0.1) is 5.82 Å². The standard InChI is InChI=1S/C16H16FN5O/c1-3-22-8-9(7-18-22)13-15-14(19-21(2)20-15)11-5-4-10(17)6-12(11)16(13)23/h4-8,13,16,23H,3H2,1-2H3/t13?,16-/m1/s1. The molecule has 23 heavy (non-hydrogen) atoms. The molecule has 1 aromatic carbocycles. The van der Waals surface area contributed by atoms with E-state index < -0.39 is 12.0 Å². The van der Waals surface area contributed by atoms with Crippen LogP contribution in [0.3, 0.4) is 0 Å². The van der Waals surface area contributed by atoms with Crippen LogP contribution in [-0.4, -0.2) is 29.9 Å². The largest absolute Gasteiger partial charge is 0.387 e. The summed E-state index contributed by atoms with van der Waals surface area (Å²) in [5.74, 6) is -0.786. The number of hydrogen-bond acceptors (Lipinski definition) is 4. The molecule has 1 N–H and O–H groups in total. The molecule has 0 aliphatic heterocycles. The normalized spacial score (nSPS) is 19.5. The van der Waals surface area contributed by atoms with Crippen LogP contribution in [0.25, 0.3) is 11.3 Å². The predicted octanol–water partition coefficient (Wildman–Crippen LogP) is 2.02. The SMILES string of the molecule is CCn1cc(C2c3nn(C)nc3-c3ccc(F)cc3[C@H]2O)cn1. The molecule has 1 aliphatic rings. The summed E-state index contributed by atoms with van der Waals surface area (Å²) < 4.78 is 15.5. The predicted molar refractivity (Wildman–Crippen MR) is 81.1 cm³/mol. The molecule has 0 radical (unpaired) electrons. The second kappa shape index (κ2) is 4.99. The zero-order chi connectivity index (χ0) is 16.1. The van der Waals surface area contributed by atoms with Gasteiger partial charge in [0.05, 0.1) is 18.2 Å². The number of benzene rings is 1.